The average Bonchev–Trinajstić information content (AvgIpc) is 2.97. The van der Waals surface area contributed by atoms with Crippen LogP contribution in [0.4, 0.5) is 5.95 Å². The zero-order chi connectivity index (χ0) is 18.5. The Kier molecular flexibility index (Phi) is 4.30. The molecule has 2 aromatic rings. The van der Waals surface area contributed by atoms with Gasteiger partial charge in [0.05, 0.1) is 17.8 Å². The van der Waals surface area contributed by atoms with Crippen LogP contribution < -0.4 is 16.3 Å². The van der Waals surface area contributed by atoms with E-state index in [1.165, 1.54) is 9.13 Å². The summed E-state index contributed by atoms with van der Waals surface area (Å²) in [6.45, 7) is 10.5. The van der Waals surface area contributed by atoms with Gasteiger partial charge in [-0.15, -0.1) is 0 Å². The van der Waals surface area contributed by atoms with Gasteiger partial charge in [-0.3, -0.25) is 18.5 Å². The number of hydrogen-bond acceptors (Lipinski definition) is 5. The van der Waals surface area contributed by atoms with Gasteiger partial charge in [-0.2, -0.15) is 10.1 Å². The molecule has 0 N–H and O–H groups in total. The van der Waals surface area contributed by atoms with Gasteiger partial charge in [-0.05, 0) is 34.1 Å². The number of aryl methyl sites for hydroxylation is 1. The Labute approximate surface area is 146 Å². The lowest BCUT2D eigenvalue weighted by Crippen LogP contribution is -2.40. The van der Waals surface area contributed by atoms with Gasteiger partial charge in [0.2, 0.25) is 5.95 Å². The van der Waals surface area contributed by atoms with Crippen LogP contribution in [0, 0.1) is 0 Å². The summed E-state index contributed by atoms with van der Waals surface area (Å²) in [7, 11) is 1.67. The molecule has 3 heterocycles. The maximum absolute atomic E-state index is 13.1. The number of imidazole rings is 1. The molecule has 0 bridgehead atoms. The first-order valence-corrected chi connectivity index (χ1v) is 8.85. The van der Waals surface area contributed by atoms with E-state index >= 15 is 0 Å². The van der Waals surface area contributed by atoms with Gasteiger partial charge < -0.3 is 0 Å². The molecule has 0 amide bonds. The zero-order valence-electron chi connectivity index (χ0n) is 15.8. The van der Waals surface area contributed by atoms with Crippen LogP contribution in [0.5, 0.6) is 0 Å². The van der Waals surface area contributed by atoms with E-state index in [-0.39, 0.29) is 23.3 Å². The largest absolute Gasteiger partial charge is 0.332 e. The number of nitrogens with zero attached hydrogens (tertiary/aromatic N) is 6. The molecule has 0 spiro atoms. The van der Waals surface area contributed by atoms with Gasteiger partial charge >= 0.3 is 5.69 Å². The molecule has 0 aromatic carbocycles. The van der Waals surface area contributed by atoms with E-state index in [9.17, 15) is 9.59 Å². The number of anilines is 1. The van der Waals surface area contributed by atoms with Crippen LogP contribution in [0.25, 0.3) is 11.2 Å². The van der Waals surface area contributed by atoms with E-state index in [1.54, 1.807) is 7.05 Å². The first-order valence-electron chi connectivity index (χ1n) is 8.85. The maximum atomic E-state index is 13.1. The fraction of sp³-hybridized carbons (Fsp3) is 0.647. The quantitative estimate of drug-likeness (QED) is 0.847. The van der Waals surface area contributed by atoms with Crippen LogP contribution in [0.15, 0.2) is 14.7 Å². The lowest BCUT2D eigenvalue weighted by Gasteiger charge is -2.31. The van der Waals surface area contributed by atoms with Crippen LogP contribution in [-0.4, -0.2) is 30.4 Å². The Hall–Kier alpha value is -2.38. The molecule has 0 saturated heterocycles. The minimum absolute atomic E-state index is 0.0835. The minimum Gasteiger partial charge on any atom is -0.294 e. The normalized spacial score (nSPS) is 17.3. The molecule has 0 aliphatic carbocycles. The highest BCUT2D eigenvalue weighted by Crippen LogP contribution is 2.30. The van der Waals surface area contributed by atoms with Crippen molar-refractivity contribution in [1.82, 2.24) is 18.7 Å². The van der Waals surface area contributed by atoms with Crippen LogP contribution in [0.1, 0.15) is 53.5 Å². The first kappa shape index (κ1) is 17.4. The highest BCUT2D eigenvalue weighted by molar-refractivity contribution is 5.91. The van der Waals surface area contributed by atoms with Crippen LogP contribution >= 0.6 is 0 Å². The van der Waals surface area contributed by atoms with Crippen molar-refractivity contribution in [2.45, 2.75) is 66.1 Å². The Morgan fingerprint density at radius 2 is 1.92 bits per heavy atom. The summed E-state index contributed by atoms with van der Waals surface area (Å²) in [5, 5.41) is 6.44. The summed E-state index contributed by atoms with van der Waals surface area (Å²) >= 11 is 0. The molecule has 8 heteroatoms. The van der Waals surface area contributed by atoms with Crippen molar-refractivity contribution >= 4 is 22.8 Å². The second-order valence-electron chi connectivity index (χ2n) is 6.96. The second kappa shape index (κ2) is 6.16. The van der Waals surface area contributed by atoms with Crippen molar-refractivity contribution in [2.75, 3.05) is 5.01 Å². The predicted octanol–water partition coefficient (Wildman–Crippen LogP) is 1.86. The highest BCUT2D eigenvalue weighted by Gasteiger charge is 2.31. The standard InChI is InChI=1S/C17H26N6O2/c1-7-8-9-21-15(24)13-14(20(6)17(21)25)18-16-22(13)12(5)11(4)19-23(16)10(2)3/h10,12H,7-9H2,1-6H3. The molecule has 2 aromatic heterocycles. The van der Waals surface area contributed by atoms with Crippen molar-refractivity contribution in [3.05, 3.63) is 20.8 Å². The summed E-state index contributed by atoms with van der Waals surface area (Å²) in [6.07, 6.45) is 1.71. The molecule has 0 fully saturated rings. The van der Waals surface area contributed by atoms with E-state index in [1.807, 2.05) is 44.2 Å². The molecule has 0 saturated carbocycles. The van der Waals surface area contributed by atoms with Gasteiger partial charge in [0, 0.05) is 13.6 Å². The SMILES string of the molecule is CCCCn1c(=O)c2c(nc3n2C(C)C(C)=NN3C(C)C)n(C)c1=O. The van der Waals surface area contributed by atoms with Crippen molar-refractivity contribution in [3.8, 4) is 0 Å². The summed E-state index contributed by atoms with van der Waals surface area (Å²) in [5.74, 6) is 0.614. The molecule has 1 unspecified atom stereocenters. The van der Waals surface area contributed by atoms with Crippen molar-refractivity contribution in [2.24, 2.45) is 12.1 Å². The smallest absolute Gasteiger partial charge is 0.294 e. The fourth-order valence-corrected chi connectivity index (χ4v) is 3.20. The summed E-state index contributed by atoms with van der Waals surface area (Å²) in [4.78, 5) is 30.3. The minimum atomic E-state index is -0.317. The molecule has 8 nitrogen and oxygen atoms in total. The Morgan fingerprint density at radius 3 is 2.52 bits per heavy atom. The lowest BCUT2D eigenvalue weighted by atomic mass is 10.2. The number of rotatable bonds is 4. The third-order valence-electron chi connectivity index (χ3n) is 4.84. The molecule has 25 heavy (non-hydrogen) atoms. The summed E-state index contributed by atoms with van der Waals surface area (Å²) in [6, 6.07) is 0.0113. The molecule has 1 aliphatic heterocycles. The second-order valence-corrected chi connectivity index (χ2v) is 6.96. The summed E-state index contributed by atoms with van der Waals surface area (Å²) in [5.41, 5.74) is 1.22. The average molecular weight is 346 g/mol. The van der Waals surface area contributed by atoms with E-state index in [0.29, 0.717) is 23.7 Å². The first-order chi connectivity index (χ1) is 11.8. The van der Waals surface area contributed by atoms with E-state index in [0.717, 1.165) is 18.6 Å². The van der Waals surface area contributed by atoms with Crippen LogP contribution in [-0.2, 0) is 13.6 Å². The van der Waals surface area contributed by atoms with E-state index in [4.69, 9.17) is 0 Å². The molecule has 136 valence electrons. The molecular formula is C17H26N6O2. The van der Waals surface area contributed by atoms with Crippen LogP contribution in [0.2, 0.25) is 0 Å². The van der Waals surface area contributed by atoms with Gasteiger partial charge in [0.25, 0.3) is 5.56 Å². The summed E-state index contributed by atoms with van der Waals surface area (Å²) < 4.78 is 4.72. The fourth-order valence-electron chi connectivity index (χ4n) is 3.20. The third kappa shape index (κ3) is 2.51. The molecular weight excluding hydrogens is 320 g/mol. The Morgan fingerprint density at radius 1 is 1.24 bits per heavy atom. The number of hydrazone groups is 1. The van der Waals surface area contributed by atoms with Crippen LogP contribution in [0.3, 0.4) is 0 Å². The number of aromatic nitrogens is 4. The molecule has 1 atom stereocenters. The topological polar surface area (TPSA) is 77.4 Å². The number of fused-ring (bicyclic) bond motifs is 3. The van der Waals surface area contributed by atoms with Gasteiger partial charge in [-0.25, -0.2) is 9.80 Å². The van der Waals surface area contributed by atoms with Crippen molar-refractivity contribution in [1.29, 1.82) is 0 Å². The van der Waals surface area contributed by atoms with Crippen molar-refractivity contribution < 1.29 is 0 Å². The van der Waals surface area contributed by atoms with Crippen molar-refractivity contribution in [3.63, 3.8) is 0 Å². The number of unbranched alkanes of at least 4 members (excludes halogenated alkanes) is 1. The number of hydrogen-bond donors (Lipinski definition) is 0. The molecule has 1 aliphatic rings. The lowest BCUT2D eigenvalue weighted by molar-refractivity contribution is 0.561. The monoisotopic (exact) mass is 346 g/mol. The predicted molar refractivity (Wildman–Crippen MR) is 99.6 cm³/mol. The molecule has 0 radical (unpaired) electrons. The Bertz CT molecular complexity index is 962. The zero-order valence-corrected chi connectivity index (χ0v) is 15.8. The maximum Gasteiger partial charge on any atom is 0.332 e. The van der Waals surface area contributed by atoms with Gasteiger partial charge in [-0.1, -0.05) is 13.3 Å². The molecule has 3 rings (SSSR count). The Balaban J connectivity index is 2.39. The van der Waals surface area contributed by atoms with E-state index in [2.05, 4.69) is 10.1 Å². The van der Waals surface area contributed by atoms with E-state index < -0.39 is 0 Å². The third-order valence-corrected chi connectivity index (χ3v) is 4.84. The van der Waals surface area contributed by atoms with Gasteiger partial charge in [0.15, 0.2) is 11.2 Å². The highest BCUT2D eigenvalue weighted by atomic mass is 16.2. The van der Waals surface area contributed by atoms with Gasteiger partial charge in [0.1, 0.15) is 0 Å².